The van der Waals surface area contributed by atoms with Crippen molar-refractivity contribution in [2.45, 2.75) is 18.9 Å². The van der Waals surface area contributed by atoms with Crippen LogP contribution < -0.4 is 9.47 Å². The predicted octanol–water partition coefficient (Wildman–Crippen LogP) is 5.86. The molecule has 162 valence electrons. The molecule has 0 aliphatic carbocycles. The third-order valence-corrected chi connectivity index (χ3v) is 5.93. The maximum atomic E-state index is 13.5. The van der Waals surface area contributed by atoms with E-state index in [-0.39, 0.29) is 23.6 Å². The summed E-state index contributed by atoms with van der Waals surface area (Å²) in [4.78, 5) is 17.0. The summed E-state index contributed by atoms with van der Waals surface area (Å²) in [5.41, 5.74) is 1.88. The molecule has 0 radical (unpaired) electrons. The Balaban J connectivity index is 1.78. The molecule has 0 fully saturated rings. The lowest BCUT2D eigenvalue weighted by Gasteiger charge is -2.14. The second kappa shape index (κ2) is 10.4. The summed E-state index contributed by atoms with van der Waals surface area (Å²) >= 11 is 8.03. The minimum absolute atomic E-state index is 0.0362. The molecule has 1 heterocycles. The molecule has 31 heavy (non-hydrogen) atoms. The normalized spacial score (nSPS) is 11.8. The van der Waals surface area contributed by atoms with Crippen molar-refractivity contribution in [3.05, 3.63) is 74.2 Å². The van der Waals surface area contributed by atoms with Crippen LogP contribution in [-0.4, -0.2) is 30.1 Å². The lowest BCUT2D eigenvalue weighted by atomic mass is 10.0. The molecule has 1 aromatic heterocycles. The van der Waals surface area contributed by atoms with E-state index < -0.39 is 11.9 Å². The lowest BCUT2D eigenvalue weighted by molar-refractivity contribution is 0.0937. The Hall–Kier alpha value is -2.23. The van der Waals surface area contributed by atoms with Crippen LogP contribution in [0.1, 0.15) is 35.0 Å². The van der Waals surface area contributed by atoms with E-state index in [1.165, 1.54) is 25.3 Å². The zero-order chi connectivity index (χ0) is 22.5. The number of carbonyl (C=O) groups excluding carboxylic acids is 1. The van der Waals surface area contributed by atoms with E-state index >= 15 is 0 Å². The number of benzene rings is 2. The van der Waals surface area contributed by atoms with Gasteiger partial charge in [-0.15, -0.1) is 0 Å². The first kappa shape index (κ1) is 23.4. The largest absolute Gasteiger partial charge is 0.496 e. The molecule has 0 aliphatic rings. The number of ketones is 1. The van der Waals surface area contributed by atoms with Crippen LogP contribution in [0.15, 0.2) is 48.5 Å². The van der Waals surface area contributed by atoms with Gasteiger partial charge in [0.05, 0.1) is 34.6 Å². The van der Waals surface area contributed by atoms with Crippen molar-refractivity contribution in [2.75, 3.05) is 14.2 Å². The van der Waals surface area contributed by atoms with Gasteiger partial charge in [-0.2, -0.15) is 0 Å². The Kier molecular flexibility index (Phi) is 7.85. The summed E-state index contributed by atoms with van der Waals surface area (Å²) in [6.07, 6.45) is -0.637. The molecule has 0 saturated heterocycles. The van der Waals surface area contributed by atoms with Crippen LogP contribution in [0, 0.1) is 9.39 Å². The lowest BCUT2D eigenvalue weighted by Crippen LogP contribution is -2.07. The van der Waals surface area contributed by atoms with Crippen molar-refractivity contribution in [3.8, 4) is 22.8 Å². The first-order valence-corrected chi connectivity index (χ1v) is 10.8. The number of pyridine rings is 1. The van der Waals surface area contributed by atoms with E-state index in [1.54, 1.807) is 31.4 Å². The Morgan fingerprint density at radius 1 is 1.13 bits per heavy atom. The molecule has 1 N–H and O–H groups in total. The van der Waals surface area contributed by atoms with Gasteiger partial charge in [-0.25, -0.2) is 9.37 Å². The third-order valence-electron chi connectivity index (χ3n) is 4.75. The maximum Gasteiger partial charge on any atom is 0.163 e. The second-order valence-corrected chi connectivity index (χ2v) is 8.31. The molecular formula is C23H20ClFINO4. The summed E-state index contributed by atoms with van der Waals surface area (Å²) in [5, 5.41) is 10.6. The molecule has 2 aromatic carbocycles. The number of aliphatic hydroxyl groups excluding tert-OH is 1. The average Bonchev–Trinajstić information content (AvgIpc) is 2.78. The number of ether oxygens (including phenoxy) is 2. The van der Waals surface area contributed by atoms with Gasteiger partial charge in [0.2, 0.25) is 0 Å². The van der Waals surface area contributed by atoms with Crippen LogP contribution in [0.4, 0.5) is 4.39 Å². The van der Waals surface area contributed by atoms with E-state index in [2.05, 4.69) is 27.6 Å². The highest BCUT2D eigenvalue weighted by Gasteiger charge is 2.18. The summed E-state index contributed by atoms with van der Waals surface area (Å²) < 4.78 is 25.0. The van der Waals surface area contributed by atoms with Crippen molar-refractivity contribution < 1.29 is 23.8 Å². The molecule has 0 aliphatic heterocycles. The van der Waals surface area contributed by atoms with Gasteiger partial charge in [-0.1, -0.05) is 17.7 Å². The number of halogens is 3. The highest BCUT2D eigenvalue weighted by Crippen LogP contribution is 2.32. The van der Waals surface area contributed by atoms with Gasteiger partial charge in [-0.05, 0) is 71.5 Å². The Morgan fingerprint density at radius 3 is 2.55 bits per heavy atom. The molecule has 0 amide bonds. The molecular weight excluding hydrogens is 536 g/mol. The first-order chi connectivity index (χ1) is 14.8. The van der Waals surface area contributed by atoms with Crippen LogP contribution in [0.5, 0.6) is 11.5 Å². The summed E-state index contributed by atoms with van der Waals surface area (Å²) in [6.45, 7) is 0. The Labute approximate surface area is 198 Å². The molecule has 0 saturated carbocycles. The number of aliphatic hydroxyl groups is 1. The molecule has 8 heteroatoms. The molecule has 1 unspecified atom stereocenters. The van der Waals surface area contributed by atoms with Gasteiger partial charge in [0.25, 0.3) is 0 Å². The monoisotopic (exact) mass is 555 g/mol. The first-order valence-electron chi connectivity index (χ1n) is 9.39. The topological polar surface area (TPSA) is 68.7 Å². The number of carbonyl (C=O) groups is 1. The number of Topliss-reactive ketones (excluding diaryl/α,β-unsaturated/α-hetero) is 1. The van der Waals surface area contributed by atoms with E-state index in [1.807, 2.05) is 6.07 Å². The van der Waals surface area contributed by atoms with Crippen molar-refractivity contribution in [3.63, 3.8) is 0 Å². The molecule has 3 aromatic rings. The van der Waals surface area contributed by atoms with E-state index in [4.69, 9.17) is 21.1 Å². The van der Waals surface area contributed by atoms with Crippen LogP contribution in [0.2, 0.25) is 5.02 Å². The average molecular weight is 556 g/mol. The Morgan fingerprint density at radius 2 is 1.87 bits per heavy atom. The molecule has 0 spiro atoms. The molecule has 0 bridgehead atoms. The van der Waals surface area contributed by atoms with Crippen LogP contribution in [-0.2, 0) is 0 Å². The standard InChI is InChI=1S/C23H20ClFINO4/c1-30-21-10-7-18(27-23(21)14-3-5-16(25)15(24)11-14)20(29)9-8-19(28)13-4-6-17(26)22(12-13)31-2/h3-7,10-12,20,29H,8-9H2,1-2H3. The summed E-state index contributed by atoms with van der Waals surface area (Å²) in [6, 6.07) is 12.8. The minimum Gasteiger partial charge on any atom is -0.496 e. The number of aromatic nitrogens is 1. The molecule has 1 atom stereocenters. The zero-order valence-corrected chi connectivity index (χ0v) is 19.8. The number of nitrogens with zero attached hydrogens (tertiary/aromatic N) is 1. The van der Waals surface area contributed by atoms with E-state index in [9.17, 15) is 14.3 Å². The zero-order valence-electron chi connectivity index (χ0n) is 16.9. The fraction of sp³-hybridized carbons (Fsp3) is 0.217. The van der Waals surface area contributed by atoms with Crippen molar-refractivity contribution in [1.29, 1.82) is 0 Å². The number of hydrogen-bond donors (Lipinski definition) is 1. The van der Waals surface area contributed by atoms with Gasteiger partial charge in [0.15, 0.2) is 5.78 Å². The highest BCUT2D eigenvalue weighted by atomic mass is 127. The van der Waals surface area contributed by atoms with E-state index in [0.29, 0.717) is 34.0 Å². The second-order valence-electron chi connectivity index (χ2n) is 6.74. The van der Waals surface area contributed by atoms with Gasteiger partial charge in [0.1, 0.15) is 23.0 Å². The van der Waals surface area contributed by atoms with E-state index in [0.717, 1.165) is 3.57 Å². The van der Waals surface area contributed by atoms with Gasteiger partial charge in [-0.3, -0.25) is 4.79 Å². The minimum atomic E-state index is -0.963. The predicted molar refractivity (Wildman–Crippen MR) is 125 cm³/mol. The third kappa shape index (κ3) is 5.53. The number of hydrogen-bond acceptors (Lipinski definition) is 5. The fourth-order valence-electron chi connectivity index (χ4n) is 3.06. The fourth-order valence-corrected chi connectivity index (χ4v) is 3.79. The molecule has 3 rings (SSSR count). The van der Waals surface area contributed by atoms with Crippen molar-refractivity contribution in [1.82, 2.24) is 4.98 Å². The van der Waals surface area contributed by atoms with Crippen molar-refractivity contribution in [2.24, 2.45) is 0 Å². The van der Waals surface area contributed by atoms with Crippen LogP contribution in [0.3, 0.4) is 0 Å². The van der Waals surface area contributed by atoms with Crippen LogP contribution >= 0.6 is 34.2 Å². The number of rotatable bonds is 8. The van der Waals surface area contributed by atoms with Gasteiger partial charge >= 0.3 is 0 Å². The van der Waals surface area contributed by atoms with Crippen LogP contribution in [0.25, 0.3) is 11.3 Å². The van der Waals surface area contributed by atoms with Gasteiger partial charge < -0.3 is 14.6 Å². The quantitative estimate of drug-likeness (QED) is 0.279. The van der Waals surface area contributed by atoms with Crippen molar-refractivity contribution >= 4 is 40.0 Å². The Bertz CT molecular complexity index is 1110. The van der Waals surface area contributed by atoms with Gasteiger partial charge in [0, 0.05) is 17.5 Å². The number of methoxy groups -OCH3 is 2. The summed E-state index contributed by atoms with van der Waals surface area (Å²) in [5.74, 6) is 0.450. The highest BCUT2D eigenvalue weighted by molar-refractivity contribution is 14.1. The maximum absolute atomic E-state index is 13.5. The summed E-state index contributed by atoms with van der Waals surface area (Å²) in [7, 11) is 3.05. The SMILES string of the molecule is COc1cc(C(=O)CCC(O)c2ccc(OC)c(-c3ccc(F)c(Cl)c3)n2)ccc1I. The molecule has 5 nitrogen and oxygen atoms in total. The smallest absolute Gasteiger partial charge is 0.163 e.